The maximum atomic E-state index is 12.5. The van der Waals surface area contributed by atoms with Crippen LogP contribution in [0.1, 0.15) is 44.6 Å². The van der Waals surface area contributed by atoms with E-state index in [1.54, 1.807) is 0 Å². The maximum Gasteiger partial charge on any atom is 0.303 e. The Morgan fingerprint density at radius 2 is 1.95 bits per heavy atom. The third kappa shape index (κ3) is 4.06. The molecule has 0 bridgehead atoms. The van der Waals surface area contributed by atoms with Gasteiger partial charge in [-0.25, -0.2) is 0 Å². The van der Waals surface area contributed by atoms with Gasteiger partial charge in [-0.15, -0.1) is 0 Å². The van der Waals surface area contributed by atoms with Crippen molar-refractivity contribution >= 4 is 11.9 Å². The molecule has 0 aliphatic heterocycles. The lowest BCUT2D eigenvalue weighted by molar-refractivity contribution is -0.139. The SMILES string of the molecule is CC(CCC(=O)O)NC(=O)C1(Cc2ccccc2)CCC1. The number of hydrogen-bond donors (Lipinski definition) is 2. The lowest BCUT2D eigenvalue weighted by Crippen LogP contribution is -2.49. The van der Waals surface area contributed by atoms with Crippen LogP contribution in [0.5, 0.6) is 0 Å². The van der Waals surface area contributed by atoms with E-state index in [1.165, 1.54) is 5.56 Å². The third-order valence-corrected chi connectivity index (χ3v) is 4.35. The average Bonchev–Trinajstić information content (AvgIpc) is 2.41. The number of amides is 1. The van der Waals surface area contributed by atoms with Crippen molar-refractivity contribution in [2.45, 2.75) is 51.5 Å². The number of carboxylic acid groups (broad SMARTS) is 1. The van der Waals surface area contributed by atoms with Crippen LogP contribution in [0.25, 0.3) is 0 Å². The van der Waals surface area contributed by atoms with Gasteiger partial charge >= 0.3 is 5.97 Å². The number of benzene rings is 1. The standard InChI is InChI=1S/C17H23NO3/c1-13(8-9-15(19)20)18-16(21)17(10-5-11-17)12-14-6-3-2-4-7-14/h2-4,6-7,13H,5,8-12H2,1H3,(H,18,21)(H,19,20). The average molecular weight is 289 g/mol. The fraction of sp³-hybridized carbons (Fsp3) is 0.529. The van der Waals surface area contributed by atoms with E-state index in [0.29, 0.717) is 6.42 Å². The first-order chi connectivity index (χ1) is 10.0. The zero-order valence-electron chi connectivity index (χ0n) is 12.5. The van der Waals surface area contributed by atoms with Crippen LogP contribution in [0, 0.1) is 5.41 Å². The van der Waals surface area contributed by atoms with Gasteiger partial charge in [0.05, 0.1) is 5.41 Å². The van der Waals surface area contributed by atoms with Gasteiger partial charge in [0.2, 0.25) is 5.91 Å². The molecule has 4 heteroatoms. The molecule has 2 rings (SSSR count). The molecule has 1 fully saturated rings. The summed E-state index contributed by atoms with van der Waals surface area (Å²) in [4.78, 5) is 23.1. The molecule has 0 saturated heterocycles. The largest absolute Gasteiger partial charge is 0.481 e. The van der Waals surface area contributed by atoms with E-state index in [9.17, 15) is 9.59 Å². The van der Waals surface area contributed by atoms with Gasteiger partial charge in [-0.3, -0.25) is 9.59 Å². The predicted molar refractivity (Wildman–Crippen MR) is 80.9 cm³/mol. The molecule has 1 aliphatic rings. The van der Waals surface area contributed by atoms with Crippen LogP contribution in [-0.4, -0.2) is 23.0 Å². The summed E-state index contributed by atoms with van der Waals surface area (Å²) in [5.74, 6) is -0.741. The van der Waals surface area contributed by atoms with Crippen LogP contribution < -0.4 is 5.32 Å². The Morgan fingerprint density at radius 3 is 2.48 bits per heavy atom. The summed E-state index contributed by atoms with van der Waals surface area (Å²) in [6.07, 6.45) is 4.25. The van der Waals surface area contributed by atoms with E-state index in [0.717, 1.165) is 25.7 Å². The molecular formula is C17H23NO3. The predicted octanol–water partition coefficient (Wildman–Crippen LogP) is 2.77. The number of aliphatic carboxylic acids is 1. The smallest absolute Gasteiger partial charge is 0.303 e. The molecule has 1 saturated carbocycles. The van der Waals surface area contributed by atoms with Crippen molar-refractivity contribution in [1.82, 2.24) is 5.32 Å². The number of nitrogens with one attached hydrogen (secondary N) is 1. The second kappa shape index (κ2) is 6.74. The zero-order chi connectivity index (χ0) is 15.3. The summed E-state index contributed by atoms with van der Waals surface area (Å²) >= 11 is 0. The van der Waals surface area contributed by atoms with Crippen molar-refractivity contribution in [2.75, 3.05) is 0 Å². The van der Waals surface area contributed by atoms with Gasteiger partial charge in [-0.05, 0) is 38.2 Å². The van der Waals surface area contributed by atoms with Crippen molar-refractivity contribution in [3.8, 4) is 0 Å². The molecule has 1 aliphatic carbocycles. The summed E-state index contributed by atoms with van der Waals surface area (Å²) in [6.45, 7) is 1.87. The van der Waals surface area contributed by atoms with Crippen LogP contribution in [0.3, 0.4) is 0 Å². The molecule has 114 valence electrons. The molecule has 0 radical (unpaired) electrons. The van der Waals surface area contributed by atoms with Crippen molar-refractivity contribution in [3.05, 3.63) is 35.9 Å². The molecule has 1 aromatic rings. The molecular weight excluding hydrogens is 266 g/mol. The van der Waals surface area contributed by atoms with Gasteiger partial charge in [-0.1, -0.05) is 36.8 Å². The summed E-state index contributed by atoms with van der Waals surface area (Å²) in [5, 5.41) is 11.7. The topological polar surface area (TPSA) is 66.4 Å². The quantitative estimate of drug-likeness (QED) is 0.811. The molecule has 21 heavy (non-hydrogen) atoms. The van der Waals surface area contributed by atoms with E-state index >= 15 is 0 Å². The van der Waals surface area contributed by atoms with Crippen molar-refractivity contribution in [1.29, 1.82) is 0 Å². The number of hydrogen-bond acceptors (Lipinski definition) is 2. The highest BCUT2D eigenvalue weighted by Gasteiger charge is 2.44. The first kappa shape index (κ1) is 15.5. The molecule has 1 aromatic carbocycles. The molecule has 4 nitrogen and oxygen atoms in total. The molecule has 0 heterocycles. The van der Waals surface area contributed by atoms with Crippen LogP contribution in [-0.2, 0) is 16.0 Å². The minimum atomic E-state index is -0.821. The Hall–Kier alpha value is -1.84. The van der Waals surface area contributed by atoms with Crippen LogP contribution >= 0.6 is 0 Å². The minimum Gasteiger partial charge on any atom is -0.481 e. The summed E-state index contributed by atoms with van der Waals surface area (Å²) in [5.41, 5.74) is 0.893. The van der Waals surface area contributed by atoms with Gasteiger partial charge in [0, 0.05) is 12.5 Å². The van der Waals surface area contributed by atoms with Crippen LogP contribution in [0.2, 0.25) is 0 Å². The van der Waals surface area contributed by atoms with Gasteiger partial charge < -0.3 is 10.4 Å². The van der Waals surface area contributed by atoms with Crippen LogP contribution in [0.15, 0.2) is 30.3 Å². The first-order valence-electron chi connectivity index (χ1n) is 7.58. The van der Waals surface area contributed by atoms with E-state index in [4.69, 9.17) is 5.11 Å². The Bertz CT molecular complexity index is 494. The van der Waals surface area contributed by atoms with E-state index < -0.39 is 5.97 Å². The number of rotatable bonds is 7. The second-order valence-electron chi connectivity index (χ2n) is 6.10. The first-order valence-corrected chi connectivity index (χ1v) is 7.58. The Balaban J connectivity index is 1.93. The van der Waals surface area contributed by atoms with Gasteiger partial charge in [-0.2, -0.15) is 0 Å². The summed E-state index contributed by atoms with van der Waals surface area (Å²) in [6, 6.07) is 9.99. The number of carbonyl (C=O) groups is 2. The number of carboxylic acids is 1. The molecule has 0 spiro atoms. The Morgan fingerprint density at radius 1 is 1.29 bits per heavy atom. The van der Waals surface area contributed by atoms with Crippen molar-refractivity contribution in [3.63, 3.8) is 0 Å². The summed E-state index contributed by atoms with van der Waals surface area (Å²) < 4.78 is 0. The monoisotopic (exact) mass is 289 g/mol. The highest BCUT2D eigenvalue weighted by Crippen LogP contribution is 2.44. The van der Waals surface area contributed by atoms with Crippen molar-refractivity contribution in [2.24, 2.45) is 5.41 Å². The molecule has 2 N–H and O–H groups in total. The second-order valence-corrected chi connectivity index (χ2v) is 6.10. The molecule has 1 atom stereocenters. The third-order valence-electron chi connectivity index (χ3n) is 4.35. The van der Waals surface area contributed by atoms with Gasteiger partial charge in [0.1, 0.15) is 0 Å². The minimum absolute atomic E-state index is 0.0792. The van der Waals surface area contributed by atoms with Gasteiger partial charge in [0.15, 0.2) is 0 Å². The van der Waals surface area contributed by atoms with E-state index in [1.807, 2.05) is 25.1 Å². The van der Waals surface area contributed by atoms with Gasteiger partial charge in [0.25, 0.3) is 0 Å². The fourth-order valence-corrected chi connectivity index (χ4v) is 2.86. The highest BCUT2D eigenvalue weighted by molar-refractivity contribution is 5.84. The van der Waals surface area contributed by atoms with Crippen LogP contribution in [0.4, 0.5) is 0 Å². The Labute approximate surface area is 125 Å². The normalized spacial score (nSPS) is 17.6. The van der Waals surface area contributed by atoms with E-state index in [-0.39, 0.29) is 23.8 Å². The molecule has 0 aromatic heterocycles. The lowest BCUT2D eigenvalue weighted by Gasteiger charge is -2.41. The maximum absolute atomic E-state index is 12.5. The lowest BCUT2D eigenvalue weighted by atomic mass is 9.64. The Kier molecular flexibility index (Phi) is 4.99. The fourth-order valence-electron chi connectivity index (χ4n) is 2.86. The van der Waals surface area contributed by atoms with E-state index in [2.05, 4.69) is 17.4 Å². The van der Waals surface area contributed by atoms with Crippen molar-refractivity contribution < 1.29 is 14.7 Å². The molecule has 1 unspecified atom stereocenters. The highest BCUT2D eigenvalue weighted by atomic mass is 16.4. The summed E-state index contributed by atoms with van der Waals surface area (Å²) in [7, 11) is 0. The zero-order valence-corrected chi connectivity index (χ0v) is 12.5. The molecule has 1 amide bonds. The number of carbonyl (C=O) groups excluding carboxylic acids is 1.